The molecule has 0 aromatic heterocycles. The third kappa shape index (κ3) is 5.22. The van der Waals surface area contributed by atoms with E-state index in [1.54, 1.807) is 4.90 Å². The van der Waals surface area contributed by atoms with E-state index < -0.39 is 11.9 Å². The second kappa shape index (κ2) is 6.83. The molecule has 1 aliphatic rings. The lowest BCUT2D eigenvalue weighted by Crippen LogP contribution is -2.45. The number of carbonyl (C=O) groups excluding carboxylic acids is 1. The Morgan fingerprint density at radius 2 is 1.95 bits per heavy atom. The van der Waals surface area contributed by atoms with Gasteiger partial charge in [-0.05, 0) is 24.7 Å². The number of piperidine rings is 1. The van der Waals surface area contributed by atoms with Crippen LogP contribution in [-0.4, -0.2) is 53.3 Å². The van der Waals surface area contributed by atoms with Crippen molar-refractivity contribution in [1.29, 1.82) is 0 Å². The standard InChI is InChI=1S/C12H20F3NO2S/c1-2-11(8-17)3-5-16(6-4-11)10(18)7-19-9-12(13,14)15/h17H,2-9H2,1H3. The molecule has 0 unspecified atom stereocenters. The van der Waals surface area contributed by atoms with Gasteiger partial charge in [0.2, 0.25) is 5.91 Å². The van der Waals surface area contributed by atoms with Crippen molar-refractivity contribution in [2.75, 3.05) is 31.2 Å². The fourth-order valence-corrected chi connectivity index (χ4v) is 2.89. The highest BCUT2D eigenvalue weighted by Gasteiger charge is 2.34. The summed E-state index contributed by atoms with van der Waals surface area (Å²) in [5.41, 5.74) is -0.115. The molecule has 0 radical (unpaired) electrons. The minimum absolute atomic E-state index is 0.106. The van der Waals surface area contributed by atoms with Gasteiger partial charge in [-0.3, -0.25) is 4.79 Å². The Morgan fingerprint density at radius 1 is 1.37 bits per heavy atom. The molecule has 0 aromatic carbocycles. The summed E-state index contributed by atoms with van der Waals surface area (Å²) in [7, 11) is 0. The van der Waals surface area contributed by atoms with Crippen LogP contribution in [0.5, 0.6) is 0 Å². The van der Waals surface area contributed by atoms with Gasteiger partial charge in [-0.2, -0.15) is 13.2 Å². The van der Waals surface area contributed by atoms with Crippen LogP contribution in [0.4, 0.5) is 13.2 Å². The number of carbonyl (C=O) groups is 1. The summed E-state index contributed by atoms with van der Waals surface area (Å²) in [6.45, 7) is 3.17. The number of thioether (sulfide) groups is 1. The number of aliphatic hydroxyl groups is 1. The number of hydrogen-bond donors (Lipinski definition) is 1. The smallest absolute Gasteiger partial charge is 0.396 e. The predicted molar refractivity (Wildman–Crippen MR) is 69.0 cm³/mol. The Balaban J connectivity index is 2.33. The van der Waals surface area contributed by atoms with Gasteiger partial charge in [0.25, 0.3) is 0 Å². The molecule has 1 fully saturated rings. The normalized spacial score (nSPS) is 19.5. The first-order chi connectivity index (χ1) is 8.82. The van der Waals surface area contributed by atoms with Gasteiger partial charge in [-0.15, -0.1) is 11.8 Å². The average molecular weight is 299 g/mol. The number of likely N-dealkylation sites (tertiary alicyclic amines) is 1. The van der Waals surface area contributed by atoms with E-state index in [9.17, 15) is 23.1 Å². The van der Waals surface area contributed by atoms with E-state index in [1.165, 1.54) is 0 Å². The molecular weight excluding hydrogens is 279 g/mol. The molecule has 19 heavy (non-hydrogen) atoms. The fourth-order valence-electron chi connectivity index (χ4n) is 2.20. The van der Waals surface area contributed by atoms with E-state index in [-0.39, 0.29) is 23.7 Å². The summed E-state index contributed by atoms with van der Waals surface area (Å²) in [5, 5.41) is 9.36. The zero-order valence-corrected chi connectivity index (χ0v) is 11.8. The highest BCUT2D eigenvalue weighted by molar-refractivity contribution is 8.00. The monoisotopic (exact) mass is 299 g/mol. The van der Waals surface area contributed by atoms with Crippen LogP contribution in [0.3, 0.4) is 0 Å². The Labute approximate surface area is 115 Å². The number of hydrogen-bond acceptors (Lipinski definition) is 3. The van der Waals surface area contributed by atoms with E-state index >= 15 is 0 Å². The molecule has 1 rings (SSSR count). The number of halogens is 3. The van der Waals surface area contributed by atoms with E-state index in [1.807, 2.05) is 6.92 Å². The van der Waals surface area contributed by atoms with Crippen LogP contribution in [0.15, 0.2) is 0 Å². The molecule has 7 heteroatoms. The summed E-state index contributed by atoms with van der Waals surface area (Å²) >= 11 is 0.608. The Hall–Kier alpha value is -0.430. The van der Waals surface area contributed by atoms with Crippen molar-refractivity contribution in [2.45, 2.75) is 32.4 Å². The summed E-state index contributed by atoms with van der Waals surface area (Å²) in [6.07, 6.45) is -1.93. The zero-order chi connectivity index (χ0) is 14.5. The number of alkyl halides is 3. The summed E-state index contributed by atoms with van der Waals surface area (Å²) in [5.74, 6) is -1.35. The minimum Gasteiger partial charge on any atom is -0.396 e. The second-order valence-electron chi connectivity index (χ2n) is 5.00. The van der Waals surface area contributed by atoms with Crippen molar-refractivity contribution in [2.24, 2.45) is 5.41 Å². The van der Waals surface area contributed by atoms with Crippen LogP contribution in [-0.2, 0) is 4.79 Å². The molecule has 0 aromatic rings. The Kier molecular flexibility index (Phi) is 5.98. The SMILES string of the molecule is CCC1(CO)CCN(C(=O)CSCC(F)(F)F)CC1. The number of amides is 1. The van der Waals surface area contributed by atoms with Crippen molar-refractivity contribution >= 4 is 17.7 Å². The highest BCUT2D eigenvalue weighted by atomic mass is 32.2. The lowest BCUT2D eigenvalue weighted by molar-refractivity contribution is -0.131. The summed E-state index contributed by atoms with van der Waals surface area (Å²) in [4.78, 5) is 13.4. The molecular formula is C12H20F3NO2S. The molecule has 3 nitrogen and oxygen atoms in total. The molecule has 112 valence electrons. The van der Waals surface area contributed by atoms with Crippen LogP contribution in [0.25, 0.3) is 0 Å². The molecule has 0 atom stereocenters. The number of nitrogens with zero attached hydrogens (tertiary/aromatic N) is 1. The lowest BCUT2D eigenvalue weighted by atomic mass is 9.77. The van der Waals surface area contributed by atoms with Crippen molar-refractivity contribution in [3.8, 4) is 0 Å². The second-order valence-corrected chi connectivity index (χ2v) is 5.99. The molecule has 1 heterocycles. The first-order valence-corrected chi connectivity index (χ1v) is 7.50. The topological polar surface area (TPSA) is 40.5 Å². The van der Waals surface area contributed by atoms with Gasteiger partial charge in [0, 0.05) is 19.7 Å². The highest BCUT2D eigenvalue weighted by Crippen LogP contribution is 2.34. The molecule has 1 N–H and O–H groups in total. The van der Waals surface area contributed by atoms with E-state index in [2.05, 4.69) is 0 Å². The maximum Gasteiger partial charge on any atom is 0.397 e. The Morgan fingerprint density at radius 3 is 2.37 bits per heavy atom. The van der Waals surface area contributed by atoms with Crippen LogP contribution < -0.4 is 0 Å². The van der Waals surface area contributed by atoms with Crippen LogP contribution in [0.1, 0.15) is 26.2 Å². The van der Waals surface area contributed by atoms with Crippen molar-refractivity contribution in [3.05, 3.63) is 0 Å². The van der Waals surface area contributed by atoms with Crippen molar-refractivity contribution in [3.63, 3.8) is 0 Å². The molecule has 1 aliphatic heterocycles. The van der Waals surface area contributed by atoms with E-state index in [4.69, 9.17) is 0 Å². The maximum atomic E-state index is 12.0. The van der Waals surface area contributed by atoms with Crippen molar-refractivity contribution < 1.29 is 23.1 Å². The first-order valence-electron chi connectivity index (χ1n) is 6.35. The van der Waals surface area contributed by atoms with Crippen LogP contribution in [0.2, 0.25) is 0 Å². The van der Waals surface area contributed by atoms with E-state index in [0.29, 0.717) is 24.9 Å². The largest absolute Gasteiger partial charge is 0.397 e. The van der Waals surface area contributed by atoms with Gasteiger partial charge in [0.1, 0.15) is 0 Å². The molecule has 1 amide bonds. The van der Waals surface area contributed by atoms with Crippen molar-refractivity contribution in [1.82, 2.24) is 4.90 Å². The minimum atomic E-state index is -4.22. The quantitative estimate of drug-likeness (QED) is 0.847. The molecule has 1 saturated heterocycles. The lowest BCUT2D eigenvalue weighted by Gasteiger charge is -2.40. The average Bonchev–Trinajstić information content (AvgIpc) is 2.37. The maximum absolute atomic E-state index is 12.0. The summed E-state index contributed by atoms with van der Waals surface area (Å²) < 4.78 is 35.9. The fraction of sp³-hybridized carbons (Fsp3) is 0.917. The van der Waals surface area contributed by atoms with Gasteiger partial charge in [0.15, 0.2) is 0 Å². The third-order valence-electron chi connectivity index (χ3n) is 3.75. The summed E-state index contributed by atoms with van der Waals surface area (Å²) in [6, 6.07) is 0. The van der Waals surface area contributed by atoms with Gasteiger partial charge in [-0.1, -0.05) is 6.92 Å². The van der Waals surface area contributed by atoms with Gasteiger partial charge < -0.3 is 10.0 Å². The predicted octanol–water partition coefficient (Wildman–Crippen LogP) is 2.29. The number of rotatable bonds is 5. The van der Waals surface area contributed by atoms with Gasteiger partial charge in [0.05, 0.1) is 11.5 Å². The zero-order valence-electron chi connectivity index (χ0n) is 11.0. The van der Waals surface area contributed by atoms with Gasteiger partial charge >= 0.3 is 6.18 Å². The Bertz CT molecular complexity index is 296. The third-order valence-corrected chi connectivity index (χ3v) is 4.74. The van der Waals surface area contributed by atoms with Gasteiger partial charge in [-0.25, -0.2) is 0 Å². The van der Waals surface area contributed by atoms with Crippen LogP contribution >= 0.6 is 11.8 Å². The molecule has 0 aliphatic carbocycles. The van der Waals surface area contributed by atoms with E-state index in [0.717, 1.165) is 19.3 Å². The molecule has 0 saturated carbocycles. The van der Waals surface area contributed by atoms with Crippen LogP contribution in [0, 0.1) is 5.41 Å². The molecule has 0 spiro atoms. The first kappa shape index (κ1) is 16.6. The molecule has 0 bridgehead atoms. The number of aliphatic hydroxyl groups excluding tert-OH is 1.